The van der Waals surface area contributed by atoms with E-state index in [0.29, 0.717) is 25.7 Å². The Morgan fingerprint density at radius 2 is 1.82 bits per heavy atom. The molecule has 0 amide bonds. The van der Waals surface area contributed by atoms with Crippen molar-refractivity contribution in [3.05, 3.63) is 29.8 Å². The number of aliphatic hydroxyl groups is 1. The van der Waals surface area contributed by atoms with Crippen LogP contribution >= 0.6 is 0 Å². The van der Waals surface area contributed by atoms with Gasteiger partial charge in [-0.05, 0) is 51.3 Å². The third-order valence-corrected chi connectivity index (χ3v) is 3.84. The maximum atomic E-state index is 10.4. The van der Waals surface area contributed by atoms with Gasteiger partial charge in [-0.1, -0.05) is 12.1 Å². The summed E-state index contributed by atoms with van der Waals surface area (Å²) in [5.74, 6) is 1.51. The minimum absolute atomic E-state index is 0.131. The van der Waals surface area contributed by atoms with Crippen LogP contribution in [0.4, 0.5) is 0 Å². The molecule has 1 aromatic carbocycles. The second kappa shape index (κ2) is 15.1. The zero-order valence-corrected chi connectivity index (χ0v) is 17.7. The number of ether oxygens (including phenoxy) is 3. The van der Waals surface area contributed by atoms with E-state index in [-0.39, 0.29) is 6.10 Å². The predicted octanol–water partition coefficient (Wildman–Crippen LogP) is 2.51. The Balaban J connectivity index is 2.37. The highest BCUT2D eigenvalue weighted by Gasteiger charge is 2.08. The fourth-order valence-corrected chi connectivity index (χ4v) is 2.45. The van der Waals surface area contributed by atoms with Gasteiger partial charge in [-0.2, -0.15) is 0 Å². The molecule has 0 aliphatic heterocycles. The summed E-state index contributed by atoms with van der Waals surface area (Å²) in [5.41, 5.74) is 0.823. The van der Waals surface area contributed by atoms with E-state index >= 15 is 0 Å². The zero-order chi connectivity index (χ0) is 20.6. The highest BCUT2D eigenvalue weighted by Crippen LogP contribution is 2.19. The summed E-state index contributed by atoms with van der Waals surface area (Å²) < 4.78 is 16.0. The summed E-state index contributed by atoms with van der Waals surface area (Å²) in [6, 6.07) is 7.50. The lowest BCUT2D eigenvalue weighted by Crippen LogP contribution is -2.38. The van der Waals surface area contributed by atoms with Crippen molar-refractivity contribution in [2.45, 2.75) is 45.8 Å². The van der Waals surface area contributed by atoms with Crippen molar-refractivity contribution >= 4 is 5.96 Å². The molecule has 7 nitrogen and oxygen atoms in total. The molecule has 28 heavy (non-hydrogen) atoms. The van der Waals surface area contributed by atoms with Crippen molar-refractivity contribution in [2.24, 2.45) is 4.99 Å². The van der Waals surface area contributed by atoms with Gasteiger partial charge >= 0.3 is 0 Å². The standard InChI is InChI=1S/C21H37N3O4/c1-5-22-21(23-12-6-7-13-27-15-14-26-4)24-16-20(25)18-8-10-19(11-9-18)28-17(2)3/h8-11,17,20,25H,5-7,12-16H2,1-4H3,(H2,22,23,24). The van der Waals surface area contributed by atoms with Gasteiger partial charge < -0.3 is 30.0 Å². The van der Waals surface area contributed by atoms with Crippen molar-refractivity contribution in [3.8, 4) is 5.75 Å². The van der Waals surface area contributed by atoms with E-state index < -0.39 is 6.10 Å². The molecule has 0 spiro atoms. The van der Waals surface area contributed by atoms with Gasteiger partial charge in [-0.15, -0.1) is 0 Å². The van der Waals surface area contributed by atoms with Crippen LogP contribution in [0.1, 0.15) is 45.3 Å². The molecule has 0 fully saturated rings. The van der Waals surface area contributed by atoms with Crippen LogP contribution < -0.4 is 15.4 Å². The highest BCUT2D eigenvalue weighted by molar-refractivity contribution is 5.79. The van der Waals surface area contributed by atoms with E-state index in [9.17, 15) is 5.11 Å². The molecule has 0 saturated carbocycles. The lowest BCUT2D eigenvalue weighted by Gasteiger charge is -2.14. The minimum Gasteiger partial charge on any atom is -0.491 e. The van der Waals surface area contributed by atoms with Gasteiger partial charge in [-0.25, -0.2) is 0 Å². The molecule has 1 rings (SSSR count). The average molecular weight is 396 g/mol. The van der Waals surface area contributed by atoms with Crippen molar-refractivity contribution < 1.29 is 19.3 Å². The van der Waals surface area contributed by atoms with E-state index in [1.807, 2.05) is 45.0 Å². The number of hydrogen-bond acceptors (Lipinski definition) is 5. The van der Waals surface area contributed by atoms with Crippen LogP contribution in [0.5, 0.6) is 5.75 Å². The first kappa shape index (κ1) is 24.2. The third kappa shape index (κ3) is 11.1. The number of benzene rings is 1. The Morgan fingerprint density at radius 1 is 1.07 bits per heavy atom. The molecule has 0 heterocycles. The number of unbranched alkanes of at least 4 members (excludes halogenated alkanes) is 1. The van der Waals surface area contributed by atoms with E-state index in [1.54, 1.807) is 7.11 Å². The first-order valence-corrected chi connectivity index (χ1v) is 10.1. The molecule has 0 aliphatic rings. The molecule has 0 aromatic heterocycles. The normalized spacial score (nSPS) is 12.9. The van der Waals surface area contributed by atoms with E-state index in [4.69, 9.17) is 14.2 Å². The van der Waals surface area contributed by atoms with E-state index in [0.717, 1.165) is 43.9 Å². The van der Waals surface area contributed by atoms with Crippen molar-refractivity contribution in [2.75, 3.05) is 46.6 Å². The first-order chi connectivity index (χ1) is 13.6. The van der Waals surface area contributed by atoms with Gasteiger partial charge in [-0.3, -0.25) is 4.99 Å². The molecule has 0 bridgehead atoms. The molecule has 1 unspecified atom stereocenters. The SMILES string of the molecule is CCNC(=NCC(O)c1ccc(OC(C)C)cc1)NCCCCOCCOC. The predicted molar refractivity (Wildman–Crippen MR) is 113 cm³/mol. The summed E-state index contributed by atoms with van der Waals surface area (Å²) in [6.07, 6.45) is 1.43. The lowest BCUT2D eigenvalue weighted by atomic mass is 10.1. The quantitative estimate of drug-likeness (QED) is 0.255. The fourth-order valence-electron chi connectivity index (χ4n) is 2.45. The first-order valence-electron chi connectivity index (χ1n) is 10.1. The van der Waals surface area contributed by atoms with Crippen molar-refractivity contribution in [3.63, 3.8) is 0 Å². The molecule has 7 heteroatoms. The lowest BCUT2D eigenvalue weighted by molar-refractivity contribution is 0.0689. The van der Waals surface area contributed by atoms with Gasteiger partial charge in [0.15, 0.2) is 5.96 Å². The third-order valence-electron chi connectivity index (χ3n) is 3.84. The van der Waals surface area contributed by atoms with Crippen LogP contribution in [0.15, 0.2) is 29.3 Å². The van der Waals surface area contributed by atoms with Crippen LogP contribution in [0.2, 0.25) is 0 Å². The summed E-state index contributed by atoms with van der Waals surface area (Å²) in [4.78, 5) is 4.48. The number of nitrogens with zero attached hydrogens (tertiary/aromatic N) is 1. The highest BCUT2D eigenvalue weighted by atomic mass is 16.5. The van der Waals surface area contributed by atoms with Crippen LogP contribution in [0.25, 0.3) is 0 Å². The number of hydrogen-bond donors (Lipinski definition) is 3. The Morgan fingerprint density at radius 3 is 2.46 bits per heavy atom. The molecule has 1 aromatic rings. The molecular formula is C21H37N3O4. The number of aliphatic hydroxyl groups excluding tert-OH is 1. The smallest absolute Gasteiger partial charge is 0.191 e. The fraction of sp³-hybridized carbons (Fsp3) is 0.667. The van der Waals surface area contributed by atoms with Gasteiger partial charge in [0.1, 0.15) is 5.75 Å². The average Bonchev–Trinajstić information content (AvgIpc) is 2.68. The monoisotopic (exact) mass is 395 g/mol. The zero-order valence-electron chi connectivity index (χ0n) is 17.7. The molecule has 3 N–H and O–H groups in total. The van der Waals surface area contributed by atoms with Crippen molar-refractivity contribution in [1.82, 2.24) is 10.6 Å². The molecule has 160 valence electrons. The van der Waals surface area contributed by atoms with E-state index in [2.05, 4.69) is 15.6 Å². The Labute approximate surface area is 169 Å². The topological polar surface area (TPSA) is 84.3 Å². The summed E-state index contributed by atoms with van der Waals surface area (Å²) >= 11 is 0. The van der Waals surface area contributed by atoms with Crippen LogP contribution in [-0.4, -0.2) is 63.7 Å². The number of methoxy groups -OCH3 is 1. The second-order valence-corrected chi connectivity index (χ2v) is 6.71. The number of rotatable bonds is 14. The summed E-state index contributed by atoms with van der Waals surface area (Å²) in [6.45, 7) is 9.85. The maximum Gasteiger partial charge on any atom is 0.191 e. The Kier molecular flexibility index (Phi) is 13.1. The van der Waals surface area contributed by atoms with Crippen LogP contribution in [0.3, 0.4) is 0 Å². The second-order valence-electron chi connectivity index (χ2n) is 6.71. The van der Waals surface area contributed by atoms with Gasteiger partial charge in [0.05, 0.1) is 32.0 Å². The van der Waals surface area contributed by atoms with Gasteiger partial charge in [0.25, 0.3) is 0 Å². The molecule has 0 radical (unpaired) electrons. The molecule has 1 atom stereocenters. The Hall–Kier alpha value is -1.83. The summed E-state index contributed by atoms with van der Waals surface area (Å²) in [5, 5.41) is 16.9. The van der Waals surface area contributed by atoms with Gasteiger partial charge in [0, 0.05) is 26.8 Å². The Bertz CT molecular complexity index is 535. The van der Waals surface area contributed by atoms with Crippen LogP contribution in [0, 0.1) is 0 Å². The molecule has 0 aliphatic carbocycles. The van der Waals surface area contributed by atoms with Crippen LogP contribution in [-0.2, 0) is 9.47 Å². The van der Waals surface area contributed by atoms with Gasteiger partial charge in [0.2, 0.25) is 0 Å². The maximum absolute atomic E-state index is 10.4. The molecular weight excluding hydrogens is 358 g/mol. The number of guanidine groups is 1. The minimum atomic E-state index is -0.655. The summed E-state index contributed by atoms with van der Waals surface area (Å²) in [7, 11) is 1.67. The number of aliphatic imine (C=N–C) groups is 1. The number of nitrogens with one attached hydrogen (secondary N) is 2. The van der Waals surface area contributed by atoms with Crippen molar-refractivity contribution in [1.29, 1.82) is 0 Å². The molecule has 0 saturated heterocycles. The van der Waals surface area contributed by atoms with E-state index in [1.165, 1.54) is 0 Å². The largest absolute Gasteiger partial charge is 0.491 e.